The van der Waals surface area contributed by atoms with Gasteiger partial charge in [0.1, 0.15) is 12.4 Å². The zero-order valence-electron chi connectivity index (χ0n) is 9.01. The monoisotopic (exact) mass is 235 g/mol. The van der Waals surface area contributed by atoms with E-state index < -0.39 is 0 Å². The molecule has 0 amide bonds. The number of rotatable bonds is 4. The molecule has 1 heterocycles. The molecule has 0 unspecified atom stereocenters. The third-order valence-corrected chi connectivity index (χ3v) is 3.04. The van der Waals surface area contributed by atoms with Crippen LogP contribution in [-0.2, 0) is 13.2 Å². The molecule has 0 fully saturated rings. The Morgan fingerprint density at radius 3 is 2.62 bits per heavy atom. The van der Waals surface area contributed by atoms with Crippen molar-refractivity contribution in [3.05, 3.63) is 45.9 Å². The molecule has 0 radical (unpaired) electrons. The van der Waals surface area contributed by atoms with E-state index in [2.05, 4.69) is 4.98 Å². The Balaban J connectivity index is 1.94. The quantitative estimate of drug-likeness (QED) is 0.885. The molecule has 0 aliphatic carbocycles. The summed E-state index contributed by atoms with van der Waals surface area (Å²) in [6, 6.07) is 7.43. The van der Waals surface area contributed by atoms with Crippen molar-refractivity contribution in [1.29, 1.82) is 0 Å². The molecule has 16 heavy (non-hydrogen) atoms. The van der Waals surface area contributed by atoms with Gasteiger partial charge in [0, 0.05) is 6.20 Å². The fraction of sp³-hybridized carbons (Fsp3) is 0.250. The Hall–Kier alpha value is -1.39. The van der Waals surface area contributed by atoms with Crippen molar-refractivity contribution in [3.63, 3.8) is 0 Å². The first-order valence-corrected chi connectivity index (χ1v) is 5.83. The highest BCUT2D eigenvalue weighted by molar-refractivity contribution is 7.11. The summed E-state index contributed by atoms with van der Waals surface area (Å²) in [5.74, 6) is 0.809. The van der Waals surface area contributed by atoms with E-state index >= 15 is 0 Å². The second kappa shape index (κ2) is 5.09. The maximum absolute atomic E-state index is 8.89. The fourth-order valence-electron chi connectivity index (χ4n) is 1.32. The number of nitrogens with zero attached hydrogens (tertiary/aromatic N) is 1. The van der Waals surface area contributed by atoms with Crippen molar-refractivity contribution >= 4 is 11.3 Å². The van der Waals surface area contributed by atoms with Crippen LogP contribution in [0.2, 0.25) is 0 Å². The summed E-state index contributed by atoms with van der Waals surface area (Å²) in [5, 5.41) is 9.94. The van der Waals surface area contributed by atoms with Crippen LogP contribution >= 0.6 is 11.3 Å². The number of aliphatic hydroxyl groups is 1. The molecule has 0 aliphatic rings. The molecular weight excluding hydrogens is 222 g/mol. The van der Waals surface area contributed by atoms with Crippen molar-refractivity contribution in [2.24, 2.45) is 0 Å². The van der Waals surface area contributed by atoms with Crippen LogP contribution in [0.3, 0.4) is 0 Å². The molecule has 4 heteroatoms. The molecular formula is C12H13NO2S. The van der Waals surface area contributed by atoms with Gasteiger partial charge in [0.2, 0.25) is 0 Å². The van der Waals surface area contributed by atoms with Crippen molar-refractivity contribution in [2.45, 2.75) is 20.1 Å². The zero-order chi connectivity index (χ0) is 11.4. The molecule has 1 aromatic heterocycles. The smallest absolute Gasteiger partial charge is 0.124 e. The molecule has 1 N–H and O–H groups in total. The van der Waals surface area contributed by atoms with E-state index in [-0.39, 0.29) is 6.61 Å². The first-order chi connectivity index (χ1) is 7.78. The van der Waals surface area contributed by atoms with Crippen LogP contribution in [0.1, 0.15) is 15.4 Å². The number of hydrogen-bond donors (Lipinski definition) is 1. The molecule has 2 rings (SSSR count). The predicted octanol–water partition coefficient (Wildman–Crippen LogP) is 2.52. The Morgan fingerprint density at radius 1 is 1.31 bits per heavy atom. The molecule has 0 atom stereocenters. The lowest BCUT2D eigenvalue weighted by atomic mass is 10.2. The molecule has 0 saturated carbocycles. The maximum Gasteiger partial charge on any atom is 0.124 e. The van der Waals surface area contributed by atoms with Crippen molar-refractivity contribution in [3.8, 4) is 5.75 Å². The van der Waals surface area contributed by atoms with Gasteiger partial charge in [0.05, 0.1) is 16.5 Å². The number of ether oxygens (including phenoxy) is 1. The minimum Gasteiger partial charge on any atom is -0.488 e. The molecule has 0 aliphatic heterocycles. The topological polar surface area (TPSA) is 42.4 Å². The van der Waals surface area contributed by atoms with Crippen LogP contribution in [0.5, 0.6) is 5.75 Å². The Labute approximate surface area is 98.4 Å². The van der Waals surface area contributed by atoms with E-state index in [1.54, 1.807) is 11.3 Å². The summed E-state index contributed by atoms with van der Waals surface area (Å²) in [6.45, 7) is 2.59. The predicted molar refractivity (Wildman–Crippen MR) is 63.5 cm³/mol. The van der Waals surface area contributed by atoms with Crippen LogP contribution in [0, 0.1) is 6.92 Å². The first-order valence-electron chi connectivity index (χ1n) is 5.02. The maximum atomic E-state index is 8.89. The third kappa shape index (κ3) is 2.81. The summed E-state index contributed by atoms with van der Waals surface area (Å²) in [6.07, 6.45) is 1.84. The van der Waals surface area contributed by atoms with Crippen molar-refractivity contribution in [2.75, 3.05) is 0 Å². The minimum absolute atomic E-state index is 0.0638. The number of aliphatic hydroxyl groups excluding tert-OH is 1. The van der Waals surface area contributed by atoms with Gasteiger partial charge < -0.3 is 9.84 Å². The molecule has 3 nitrogen and oxygen atoms in total. The van der Waals surface area contributed by atoms with Gasteiger partial charge in [0.25, 0.3) is 0 Å². The number of thiazole rings is 1. The highest BCUT2D eigenvalue weighted by Crippen LogP contribution is 2.17. The van der Waals surface area contributed by atoms with Gasteiger partial charge in [0.15, 0.2) is 0 Å². The number of hydrogen-bond acceptors (Lipinski definition) is 4. The Bertz CT molecular complexity index is 450. The minimum atomic E-state index is 0.0638. The summed E-state index contributed by atoms with van der Waals surface area (Å²) in [7, 11) is 0. The molecule has 0 bridgehead atoms. The van der Waals surface area contributed by atoms with Crippen LogP contribution in [0.25, 0.3) is 0 Å². The largest absolute Gasteiger partial charge is 0.488 e. The normalized spacial score (nSPS) is 10.4. The van der Waals surface area contributed by atoms with Gasteiger partial charge in [-0.25, -0.2) is 4.98 Å². The number of aromatic nitrogens is 1. The van der Waals surface area contributed by atoms with E-state index in [9.17, 15) is 0 Å². The second-order valence-corrected chi connectivity index (χ2v) is 4.76. The van der Waals surface area contributed by atoms with Gasteiger partial charge >= 0.3 is 0 Å². The molecule has 1 aromatic carbocycles. The van der Waals surface area contributed by atoms with Crippen LogP contribution in [-0.4, -0.2) is 10.1 Å². The summed E-state index contributed by atoms with van der Waals surface area (Å²) < 4.78 is 5.59. The van der Waals surface area contributed by atoms with Gasteiger partial charge in [-0.1, -0.05) is 12.1 Å². The van der Waals surface area contributed by atoms with Crippen LogP contribution in [0.15, 0.2) is 30.5 Å². The van der Waals surface area contributed by atoms with E-state index in [1.165, 1.54) is 0 Å². The zero-order valence-corrected chi connectivity index (χ0v) is 9.83. The standard InChI is InChI=1S/C12H13NO2S/c1-9-13-6-12(16-9)8-15-11-4-2-10(7-14)3-5-11/h2-6,14H,7-8H2,1H3. The molecule has 2 aromatic rings. The summed E-state index contributed by atoms with van der Waals surface area (Å²) in [5.41, 5.74) is 0.890. The lowest BCUT2D eigenvalue weighted by Gasteiger charge is -2.04. The van der Waals surface area contributed by atoms with Gasteiger partial charge in [-0.3, -0.25) is 0 Å². The van der Waals surface area contributed by atoms with E-state index in [0.29, 0.717) is 6.61 Å². The Kier molecular flexibility index (Phi) is 3.54. The fourth-order valence-corrected chi connectivity index (χ4v) is 2.03. The second-order valence-electron chi connectivity index (χ2n) is 3.44. The highest BCUT2D eigenvalue weighted by Gasteiger charge is 1.99. The third-order valence-electron chi connectivity index (χ3n) is 2.16. The summed E-state index contributed by atoms with van der Waals surface area (Å²) >= 11 is 1.64. The van der Waals surface area contributed by atoms with E-state index in [1.807, 2.05) is 37.4 Å². The number of benzene rings is 1. The summed E-state index contributed by atoms with van der Waals surface area (Å²) in [4.78, 5) is 5.28. The van der Waals surface area contributed by atoms with Crippen LogP contribution < -0.4 is 4.74 Å². The van der Waals surface area contributed by atoms with E-state index in [4.69, 9.17) is 9.84 Å². The van der Waals surface area contributed by atoms with Crippen molar-refractivity contribution < 1.29 is 9.84 Å². The SMILES string of the molecule is Cc1ncc(COc2ccc(CO)cc2)s1. The van der Waals surface area contributed by atoms with E-state index in [0.717, 1.165) is 21.2 Å². The van der Waals surface area contributed by atoms with Gasteiger partial charge in [-0.05, 0) is 24.6 Å². The highest BCUT2D eigenvalue weighted by atomic mass is 32.1. The molecule has 0 spiro atoms. The molecule has 0 saturated heterocycles. The first kappa shape index (κ1) is 11.1. The van der Waals surface area contributed by atoms with Crippen molar-refractivity contribution in [1.82, 2.24) is 4.98 Å². The average Bonchev–Trinajstić information content (AvgIpc) is 2.73. The Morgan fingerprint density at radius 2 is 2.06 bits per heavy atom. The van der Waals surface area contributed by atoms with Gasteiger partial charge in [-0.2, -0.15) is 0 Å². The lowest BCUT2D eigenvalue weighted by molar-refractivity contribution is 0.281. The molecule has 84 valence electrons. The average molecular weight is 235 g/mol. The number of aryl methyl sites for hydroxylation is 1. The van der Waals surface area contributed by atoms with Crippen LogP contribution in [0.4, 0.5) is 0 Å². The lowest BCUT2D eigenvalue weighted by Crippen LogP contribution is -1.93. The van der Waals surface area contributed by atoms with Gasteiger partial charge in [-0.15, -0.1) is 11.3 Å².